The van der Waals surface area contributed by atoms with Crippen molar-refractivity contribution in [2.24, 2.45) is 11.3 Å². The van der Waals surface area contributed by atoms with Gasteiger partial charge < -0.3 is 4.79 Å². The molecule has 0 spiro atoms. The van der Waals surface area contributed by atoms with Crippen molar-refractivity contribution in [3.63, 3.8) is 0 Å². The maximum absolute atomic E-state index is 12.2. The summed E-state index contributed by atoms with van der Waals surface area (Å²) in [5, 5.41) is 0. The Bertz CT molecular complexity index is 462. The van der Waals surface area contributed by atoms with Gasteiger partial charge in [0.1, 0.15) is 6.29 Å². The zero-order valence-corrected chi connectivity index (χ0v) is 10.6. The molecule has 0 saturated heterocycles. The van der Waals surface area contributed by atoms with E-state index in [0.717, 1.165) is 17.4 Å². The van der Waals surface area contributed by atoms with Gasteiger partial charge in [-0.05, 0) is 24.0 Å². The predicted octanol–water partition coefficient (Wildman–Crippen LogP) is 2.76. The quantitative estimate of drug-likeness (QED) is 0.578. The van der Waals surface area contributed by atoms with E-state index >= 15 is 0 Å². The van der Waals surface area contributed by atoms with Crippen LogP contribution in [0.5, 0.6) is 0 Å². The van der Waals surface area contributed by atoms with E-state index in [-0.39, 0.29) is 17.6 Å². The standard InChI is InChI=1S/C15H18O2/c1-10(2)14-12-7-5-4-6-11(12)8-13(17)15(14,3)9-16/h4-7,9-10,14H,8H2,1-3H3/t14-,15+/m0/s1. The highest BCUT2D eigenvalue weighted by molar-refractivity contribution is 6.01. The molecule has 1 aliphatic rings. The summed E-state index contributed by atoms with van der Waals surface area (Å²) in [6.07, 6.45) is 1.23. The molecular weight excluding hydrogens is 212 g/mol. The Labute approximate surface area is 102 Å². The highest BCUT2D eigenvalue weighted by Gasteiger charge is 2.46. The van der Waals surface area contributed by atoms with Crippen LogP contribution in [-0.2, 0) is 16.0 Å². The van der Waals surface area contributed by atoms with Gasteiger partial charge in [0.15, 0.2) is 5.78 Å². The molecule has 0 aromatic heterocycles. The van der Waals surface area contributed by atoms with E-state index < -0.39 is 5.41 Å². The van der Waals surface area contributed by atoms with Gasteiger partial charge in [0.25, 0.3) is 0 Å². The SMILES string of the molecule is CC(C)[C@H]1c2ccccc2CC(=O)[C@@]1(C)C=O. The van der Waals surface area contributed by atoms with Crippen LogP contribution in [0.25, 0.3) is 0 Å². The Morgan fingerprint density at radius 2 is 2.00 bits per heavy atom. The van der Waals surface area contributed by atoms with Crippen LogP contribution in [0.15, 0.2) is 24.3 Å². The third-order valence-electron chi connectivity index (χ3n) is 3.90. The molecule has 1 aromatic rings. The Hall–Kier alpha value is -1.44. The van der Waals surface area contributed by atoms with Gasteiger partial charge in [0.2, 0.25) is 0 Å². The van der Waals surface area contributed by atoms with Crippen LogP contribution in [0.3, 0.4) is 0 Å². The number of fused-ring (bicyclic) bond motifs is 1. The normalized spacial score (nSPS) is 28.0. The van der Waals surface area contributed by atoms with Crippen molar-refractivity contribution in [1.29, 1.82) is 0 Å². The number of aldehydes is 1. The number of hydrogen-bond acceptors (Lipinski definition) is 2. The minimum Gasteiger partial charge on any atom is -0.302 e. The maximum atomic E-state index is 12.2. The molecule has 17 heavy (non-hydrogen) atoms. The van der Waals surface area contributed by atoms with E-state index in [9.17, 15) is 9.59 Å². The van der Waals surface area contributed by atoms with Gasteiger partial charge in [-0.3, -0.25) is 4.79 Å². The van der Waals surface area contributed by atoms with Gasteiger partial charge in [-0.1, -0.05) is 38.1 Å². The maximum Gasteiger partial charge on any atom is 0.150 e. The number of ketones is 1. The topological polar surface area (TPSA) is 34.1 Å². The van der Waals surface area contributed by atoms with Crippen molar-refractivity contribution >= 4 is 12.1 Å². The highest BCUT2D eigenvalue weighted by atomic mass is 16.1. The van der Waals surface area contributed by atoms with Crippen LogP contribution in [-0.4, -0.2) is 12.1 Å². The summed E-state index contributed by atoms with van der Waals surface area (Å²) in [7, 11) is 0. The second kappa shape index (κ2) is 4.10. The summed E-state index contributed by atoms with van der Waals surface area (Å²) in [4.78, 5) is 23.6. The molecule has 2 heteroatoms. The Morgan fingerprint density at radius 1 is 1.35 bits per heavy atom. The van der Waals surface area contributed by atoms with Gasteiger partial charge in [-0.2, -0.15) is 0 Å². The van der Waals surface area contributed by atoms with Crippen LogP contribution >= 0.6 is 0 Å². The average Bonchev–Trinajstić information content (AvgIpc) is 2.30. The second-order valence-electron chi connectivity index (χ2n) is 5.42. The highest BCUT2D eigenvalue weighted by Crippen LogP contribution is 2.46. The summed E-state index contributed by atoms with van der Waals surface area (Å²) in [5.74, 6) is 0.318. The number of hydrogen-bond donors (Lipinski definition) is 0. The monoisotopic (exact) mass is 230 g/mol. The molecule has 0 unspecified atom stereocenters. The average molecular weight is 230 g/mol. The fourth-order valence-electron chi connectivity index (χ4n) is 3.05. The third-order valence-corrected chi connectivity index (χ3v) is 3.90. The number of rotatable bonds is 2. The third kappa shape index (κ3) is 1.72. The van der Waals surface area contributed by atoms with E-state index in [2.05, 4.69) is 13.8 Å². The van der Waals surface area contributed by atoms with E-state index in [1.165, 1.54) is 0 Å². The molecule has 0 N–H and O–H groups in total. The molecule has 0 radical (unpaired) electrons. The van der Waals surface area contributed by atoms with Crippen LogP contribution in [0.4, 0.5) is 0 Å². The molecule has 90 valence electrons. The molecule has 1 aromatic carbocycles. The number of carbonyl (C=O) groups is 2. The zero-order chi connectivity index (χ0) is 12.6. The van der Waals surface area contributed by atoms with E-state index in [1.54, 1.807) is 6.92 Å². The molecular formula is C15H18O2. The molecule has 2 rings (SSSR count). The van der Waals surface area contributed by atoms with Crippen molar-refractivity contribution in [2.45, 2.75) is 33.1 Å². The van der Waals surface area contributed by atoms with Gasteiger partial charge >= 0.3 is 0 Å². The van der Waals surface area contributed by atoms with Crippen molar-refractivity contribution in [1.82, 2.24) is 0 Å². The molecule has 0 amide bonds. The molecule has 1 aliphatic carbocycles. The van der Waals surface area contributed by atoms with Gasteiger partial charge in [0.05, 0.1) is 5.41 Å². The van der Waals surface area contributed by atoms with Crippen molar-refractivity contribution in [3.05, 3.63) is 35.4 Å². The van der Waals surface area contributed by atoms with Crippen LogP contribution < -0.4 is 0 Å². The van der Waals surface area contributed by atoms with Crippen LogP contribution in [0.2, 0.25) is 0 Å². The zero-order valence-electron chi connectivity index (χ0n) is 10.6. The van der Waals surface area contributed by atoms with Gasteiger partial charge in [-0.25, -0.2) is 0 Å². The number of carbonyl (C=O) groups excluding carboxylic acids is 2. The number of benzene rings is 1. The van der Waals surface area contributed by atoms with E-state index in [0.29, 0.717) is 6.42 Å². The summed E-state index contributed by atoms with van der Waals surface area (Å²) in [5.41, 5.74) is 1.38. The van der Waals surface area contributed by atoms with Crippen LogP contribution in [0, 0.1) is 11.3 Å². The minimum absolute atomic E-state index is 0.00236. The van der Waals surface area contributed by atoms with Crippen molar-refractivity contribution < 1.29 is 9.59 Å². The smallest absolute Gasteiger partial charge is 0.150 e. The Kier molecular flexibility index (Phi) is 2.90. The largest absolute Gasteiger partial charge is 0.302 e. The number of Topliss-reactive ketones (excluding diaryl/α,β-unsaturated/α-hetero) is 1. The summed E-state index contributed by atoms with van der Waals surface area (Å²) in [6, 6.07) is 7.98. The molecule has 0 aliphatic heterocycles. The Balaban J connectivity index is 2.62. The second-order valence-corrected chi connectivity index (χ2v) is 5.42. The fraction of sp³-hybridized carbons (Fsp3) is 0.467. The summed E-state index contributed by atoms with van der Waals surface area (Å²) < 4.78 is 0. The molecule has 0 heterocycles. The lowest BCUT2D eigenvalue weighted by atomic mass is 9.61. The van der Waals surface area contributed by atoms with Crippen LogP contribution in [0.1, 0.15) is 37.8 Å². The molecule has 2 nitrogen and oxygen atoms in total. The Morgan fingerprint density at radius 3 is 2.59 bits per heavy atom. The molecule has 0 saturated carbocycles. The fourth-order valence-corrected chi connectivity index (χ4v) is 3.05. The van der Waals surface area contributed by atoms with Crippen molar-refractivity contribution in [2.75, 3.05) is 0 Å². The first kappa shape index (κ1) is 12.0. The van der Waals surface area contributed by atoms with E-state index in [4.69, 9.17) is 0 Å². The van der Waals surface area contributed by atoms with E-state index in [1.807, 2.05) is 24.3 Å². The van der Waals surface area contributed by atoms with Gasteiger partial charge in [-0.15, -0.1) is 0 Å². The first-order valence-electron chi connectivity index (χ1n) is 6.08. The lowest BCUT2D eigenvalue weighted by molar-refractivity contribution is -0.136. The molecule has 0 bridgehead atoms. The molecule has 2 atom stereocenters. The summed E-state index contributed by atoms with van der Waals surface area (Å²) in [6.45, 7) is 5.92. The van der Waals surface area contributed by atoms with Gasteiger partial charge in [0, 0.05) is 12.3 Å². The van der Waals surface area contributed by atoms with Crippen molar-refractivity contribution in [3.8, 4) is 0 Å². The predicted molar refractivity (Wildman–Crippen MR) is 66.9 cm³/mol. The minimum atomic E-state index is -0.859. The first-order valence-corrected chi connectivity index (χ1v) is 6.08. The molecule has 0 fully saturated rings. The lowest BCUT2D eigenvalue weighted by Crippen LogP contribution is -2.43. The lowest BCUT2D eigenvalue weighted by Gasteiger charge is -2.39. The summed E-state index contributed by atoms with van der Waals surface area (Å²) >= 11 is 0. The first-order chi connectivity index (χ1) is 8.00.